The summed E-state index contributed by atoms with van der Waals surface area (Å²) >= 11 is 1.32. The average Bonchev–Trinajstić information content (AvgIpc) is 3.48. The molecule has 1 aliphatic heterocycles. The van der Waals surface area contributed by atoms with Gasteiger partial charge in [0.25, 0.3) is 11.8 Å². The van der Waals surface area contributed by atoms with Gasteiger partial charge in [0.2, 0.25) is 0 Å². The van der Waals surface area contributed by atoms with E-state index in [1.807, 2.05) is 66.7 Å². The molecule has 1 fully saturated rings. The molecule has 2 amide bonds. The van der Waals surface area contributed by atoms with Crippen molar-refractivity contribution in [1.29, 1.82) is 0 Å². The van der Waals surface area contributed by atoms with Gasteiger partial charge < -0.3 is 9.47 Å². The highest BCUT2D eigenvalue weighted by Crippen LogP contribution is 2.36. The van der Waals surface area contributed by atoms with Gasteiger partial charge in [0.05, 0.1) is 0 Å². The SMILES string of the molecule is O=C(NNC(=O)C1CCCO1)c1sc(-c2ccccc2)cc1OCc1ccccc1. The van der Waals surface area contributed by atoms with E-state index in [1.54, 1.807) is 0 Å². The van der Waals surface area contributed by atoms with Crippen molar-refractivity contribution in [2.45, 2.75) is 25.6 Å². The Labute approximate surface area is 178 Å². The number of carbonyl (C=O) groups excluding carboxylic acids is 2. The molecular weight excluding hydrogens is 400 g/mol. The van der Waals surface area contributed by atoms with E-state index in [0.29, 0.717) is 30.3 Å². The van der Waals surface area contributed by atoms with Gasteiger partial charge in [0.15, 0.2) is 0 Å². The molecule has 0 radical (unpaired) electrons. The van der Waals surface area contributed by atoms with E-state index in [4.69, 9.17) is 9.47 Å². The van der Waals surface area contributed by atoms with Gasteiger partial charge in [-0.25, -0.2) is 0 Å². The molecule has 1 unspecified atom stereocenters. The predicted molar refractivity (Wildman–Crippen MR) is 115 cm³/mol. The maximum Gasteiger partial charge on any atom is 0.283 e. The quantitative estimate of drug-likeness (QED) is 0.590. The highest BCUT2D eigenvalue weighted by atomic mass is 32.1. The van der Waals surface area contributed by atoms with Crippen LogP contribution in [0.15, 0.2) is 66.7 Å². The molecule has 0 spiro atoms. The van der Waals surface area contributed by atoms with E-state index in [9.17, 15) is 9.59 Å². The van der Waals surface area contributed by atoms with Gasteiger partial charge in [-0.15, -0.1) is 11.3 Å². The Morgan fingerprint density at radius 3 is 2.47 bits per heavy atom. The summed E-state index contributed by atoms with van der Waals surface area (Å²) in [5.74, 6) is -0.282. The second-order valence-electron chi connectivity index (χ2n) is 6.89. The number of hydrogen-bond donors (Lipinski definition) is 2. The number of nitrogens with one attached hydrogen (secondary N) is 2. The first-order valence-corrected chi connectivity index (χ1v) is 10.6. The third-order valence-corrected chi connectivity index (χ3v) is 5.89. The van der Waals surface area contributed by atoms with Crippen molar-refractivity contribution in [1.82, 2.24) is 10.9 Å². The van der Waals surface area contributed by atoms with Crippen molar-refractivity contribution < 1.29 is 19.1 Å². The number of hydrogen-bond acceptors (Lipinski definition) is 5. The van der Waals surface area contributed by atoms with Crippen LogP contribution < -0.4 is 15.6 Å². The van der Waals surface area contributed by atoms with Crippen molar-refractivity contribution in [3.05, 3.63) is 77.2 Å². The zero-order valence-corrected chi connectivity index (χ0v) is 17.1. The lowest BCUT2D eigenvalue weighted by atomic mass is 10.2. The largest absolute Gasteiger partial charge is 0.487 e. The van der Waals surface area contributed by atoms with E-state index < -0.39 is 12.0 Å². The number of ether oxygens (including phenoxy) is 2. The zero-order chi connectivity index (χ0) is 20.8. The smallest absolute Gasteiger partial charge is 0.283 e. The van der Waals surface area contributed by atoms with Crippen LogP contribution in [0.4, 0.5) is 0 Å². The first-order chi connectivity index (χ1) is 14.7. The Bertz CT molecular complexity index is 999. The first-order valence-electron chi connectivity index (χ1n) is 9.78. The van der Waals surface area contributed by atoms with Gasteiger partial charge in [-0.2, -0.15) is 0 Å². The number of thiophene rings is 1. The zero-order valence-electron chi connectivity index (χ0n) is 16.3. The molecule has 1 aromatic heterocycles. The second-order valence-corrected chi connectivity index (χ2v) is 7.94. The molecule has 3 aromatic rings. The molecule has 2 N–H and O–H groups in total. The minimum Gasteiger partial charge on any atom is -0.487 e. The highest BCUT2D eigenvalue weighted by Gasteiger charge is 2.25. The van der Waals surface area contributed by atoms with Crippen molar-refractivity contribution in [3.8, 4) is 16.2 Å². The molecule has 1 atom stereocenters. The van der Waals surface area contributed by atoms with Crippen LogP contribution in [-0.2, 0) is 16.1 Å². The fraction of sp³-hybridized carbons (Fsp3) is 0.217. The van der Waals surface area contributed by atoms with Crippen LogP contribution in [0.1, 0.15) is 28.1 Å². The number of hydrazine groups is 1. The number of benzene rings is 2. The Kier molecular flexibility index (Phi) is 6.41. The van der Waals surface area contributed by atoms with E-state index in [-0.39, 0.29) is 5.91 Å². The molecule has 154 valence electrons. The Morgan fingerprint density at radius 1 is 1.03 bits per heavy atom. The Hall–Kier alpha value is -3.16. The molecule has 0 saturated carbocycles. The van der Waals surface area contributed by atoms with Crippen LogP contribution >= 0.6 is 11.3 Å². The Morgan fingerprint density at radius 2 is 1.77 bits per heavy atom. The Balaban J connectivity index is 1.50. The highest BCUT2D eigenvalue weighted by molar-refractivity contribution is 7.17. The van der Waals surface area contributed by atoms with Gasteiger partial charge in [0, 0.05) is 11.5 Å². The molecule has 1 aliphatic rings. The molecule has 0 bridgehead atoms. The van der Waals surface area contributed by atoms with E-state index in [1.165, 1.54) is 11.3 Å². The van der Waals surface area contributed by atoms with E-state index >= 15 is 0 Å². The van der Waals surface area contributed by atoms with E-state index in [0.717, 1.165) is 22.4 Å². The average molecular weight is 423 g/mol. The topological polar surface area (TPSA) is 76.7 Å². The number of carbonyl (C=O) groups is 2. The number of rotatable bonds is 6. The minimum atomic E-state index is -0.512. The summed E-state index contributed by atoms with van der Waals surface area (Å²) < 4.78 is 11.3. The molecule has 7 heteroatoms. The second kappa shape index (κ2) is 9.56. The molecule has 6 nitrogen and oxygen atoms in total. The molecule has 2 heterocycles. The van der Waals surface area contributed by atoms with Crippen LogP contribution in [0.5, 0.6) is 5.75 Å². The first kappa shape index (κ1) is 20.1. The minimum absolute atomic E-state index is 0.340. The third kappa shape index (κ3) is 4.87. The van der Waals surface area contributed by atoms with Crippen LogP contribution in [-0.4, -0.2) is 24.5 Å². The fourth-order valence-electron chi connectivity index (χ4n) is 3.16. The summed E-state index contributed by atoms with van der Waals surface area (Å²) in [6.45, 7) is 0.906. The lowest BCUT2D eigenvalue weighted by Gasteiger charge is -2.12. The van der Waals surface area contributed by atoms with Gasteiger partial charge in [0.1, 0.15) is 23.3 Å². The normalized spacial score (nSPS) is 15.5. The van der Waals surface area contributed by atoms with Gasteiger partial charge in [-0.1, -0.05) is 60.7 Å². The third-order valence-electron chi connectivity index (χ3n) is 4.72. The van der Waals surface area contributed by atoms with E-state index in [2.05, 4.69) is 10.9 Å². The summed E-state index contributed by atoms with van der Waals surface area (Å²) in [5.41, 5.74) is 6.95. The van der Waals surface area contributed by atoms with Crippen molar-refractivity contribution in [2.75, 3.05) is 6.61 Å². The fourth-order valence-corrected chi connectivity index (χ4v) is 4.16. The molecular formula is C23H22N2O4S. The summed E-state index contributed by atoms with van der Waals surface area (Å²) in [5, 5.41) is 0. The summed E-state index contributed by atoms with van der Waals surface area (Å²) in [4.78, 5) is 26.2. The number of amides is 2. The molecule has 2 aromatic carbocycles. The van der Waals surface area contributed by atoms with Gasteiger partial charge in [-0.05, 0) is 30.0 Å². The van der Waals surface area contributed by atoms with Crippen LogP contribution in [0.25, 0.3) is 10.4 Å². The van der Waals surface area contributed by atoms with Gasteiger partial charge in [-0.3, -0.25) is 20.4 Å². The lowest BCUT2D eigenvalue weighted by molar-refractivity contribution is -0.130. The molecule has 1 saturated heterocycles. The maximum atomic E-state index is 12.8. The van der Waals surface area contributed by atoms with Crippen molar-refractivity contribution in [2.24, 2.45) is 0 Å². The lowest BCUT2D eigenvalue weighted by Crippen LogP contribution is -2.46. The molecule has 0 aliphatic carbocycles. The van der Waals surface area contributed by atoms with Gasteiger partial charge >= 0.3 is 0 Å². The predicted octanol–water partition coefficient (Wildman–Crippen LogP) is 3.93. The standard InChI is InChI=1S/C23H22N2O4S/c26-22(18-12-7-13-28-18)24-25-23(27)21-19(29-15-16-8-3-1-4-9-16)14-20(30-21)17-10-5-2-6-11-17/h1-6,8-11,14,18H,7,12-13,15H2,(H,24,26)(H,25,27). The maximum absolute atomic E-state index is 12.8. The van der Waals surface area contributed by atoms with Crippen molar-refractivity contribution in [3.63, 3.8) is 0 Å². The summed E-state index contributed by atoms with van der Waals surface area (Å²) in [6, 6.07) is 21.4. The van der Waals surface area contributed by atoms with Crippen LogP contribution in [0.2, 0.25) is 0 Å². The summed E-state index contributed by atoms with van der Waals surface area (Å²) in [6.07, 6.45) is 0.987. The molecule has 30 heavy (non-hydrogen) atoms. The monoisotopic (exact) mass is 422 g/mol. The molecule has 4 rings (SSSR count). The summed E-state index contributed by atoms with van der Waals surface area (Å²) in [7, 11) is 0. The van der Waals surface area contributed by atoms with Crippen LogP contribution in [0, 0.1) is 0 Å². The van der Waals surface area contributed by atoms with Crippen LogP contribution in [0.3, 0.4) is 0 Å². The van der Waals surface area contributed by atoms with Crippen molar-refractivity contribution >= 4 is 23.2 Å².